The zero-order valence-corrected chi connectivity index (χ0v) is 9.09. The molecule has 14 heavy (non-hydrogen) atoms. The quantitative estimate of drug-likeness (QED) is 0.436. The first kappa shape index (κ1) is 13.1. The molecule has 5 heteroatoms. The van der Waals surface area contributed by atoms with E-state index in [9.17, 15) is 14.7 Å². The summed E-state index contributed by atoms with van der Waals surface area (Å²) in [7, 11) is 0. The predicted octanol–water partition coefficient (Wildman–Crippen LogP) is 1.01. The van der Waals surface area contributed by atoms with Crippen LogP contribution in [0.5, 0.6) is 0 Å². The van der Waals surface area contributed by atoms with Crippen molar-refractivity contribution in [1.29, 1.82) is 0 Å². The zero-order valence-electron chi connectivity index (χ0n) is 8.33. The van der Waals surface area contributed by atoms with Crippen LogP contribution >= 0.6 is 11.6 Å². The van der Waals surface area contributed by atoms with E-state index in [4.69, 9.17) is 11.6 Å². The van der Waals surface area contributed by atoms with Crippen molar-refractivity contribution in [2.75, 3.05) is 6.61 Å². The molecule has 0 bridgehead atoms. The largest absolute Gasteiger partial charge is 0.460 e. The molecule has 0 aromatic rings. The molecule has 0 spiro atoms. The Bertz CT molecular complexity index is 262. The van der Waals surface area contributed by atoms with Gasteiger partial charge in [-0.1, -0.05) is 11.6 Å². The van der Waals surface area contributed by atoms with Gasteiger partial charge in [0.2, 0.25) is 0 Å². The van der Waals surface area contributed by atoms with Gasteiger partial charge in [0.15, 0.2) is 0 Å². The van der Waals surface area contributed by atoms with Crippen LogP contribution in [0.4, 0.5) is 0 Å². The fraction of sp³-hybridized carbons (Fsp3) is 0.556. The van der Waals surface area contributed by atoms with Crippen LogP contribution in [0.1, 0.15) is 20.8 Å². The summed E-state index contributed by atoms with van der Waals surface area (Å²) in [6.45, 7) is 4.53. The number of hydrogen-bond acceptors (Lipinski definition) is 4. The van der Waals surface area contributed by atoms with Crippen molar-refractivity contribution in [3.8, 4) is 0 Å². The maximum atomic E-state index is 11.0. The highest BCUT2D eigenvalue weighted by atomic mass is 35.5. The minimum Gasteiger partial charge on any atom is -0.460 e. The topological polar surface area (TPSA) is 63.6 Å². The molecule has 0 fully saturated rings. The summed E-state index contributed by atoms with van der Waals surface area (Å²) in [5, 5.41) is 9.24. The Labute approximate surface area is 87.5 Å². The highest BCUT2D eigenvalue weighted by Gasteiger charge is 2.21. The first-order valence-corrected chi connectivity index (χ1v) is 4.48. The monoisotopic (exact) mass is 220 g/mol. The predicted molar refractivity (Wildman–Crippen MR) is 51.9 cm³/mol. The molecule has 80 valence electrons. The molecular formula is C9H13ClO4. The molecule has 0 radical (unpaired) electrons. The van der Waals surface area contributed by atoms with Crippen molar-refractivity contribution >= 4 is 23.4 Å². The molecule has 4 nitrogen and oxygen atoms in total. The number of carbonyl (C=O) groups is 2. The van der Waals surface area contributed by atoms with E-state index in [2.05, 4.69) is 4.74 Å². The maximum absolute atomic E-state index is 11.0. The first-order valence-electron chi connectivity index (χ1n) is 4.10. The molecule has 0 atom stereocenters. The second-order valence-corrected chi connectivity index (χ2v) is 3.54. The van der Waals surface area contributed by atoms with Crippen LogP contribution in [0.15, 0.2) is 11.1 Å². The lowest BCUT2D eigenvalue weighted by molar-refractivity contribution is -0.151. The number of ketones is 1. The third kappa shape index (κ3) is 4.39. The van der Waals surface area contributed by atoms with E-state index in [0.29, 0.717) is 0 Å². The van der Waals surface area contributed by atoms with Crippen molar-refractivity contribution in [2.45, 2.75) is 26.4 Å². The van der Waals surface area contributed by atoms with Crippen LogP contribution in [-0.2, 0) is 14.3 Å². The number of rotatable bonds is 4. The third-order valence-corrected chi connectivity index (χ3v) is 1.89. The second kappa shape index (κ2) is 5.12. The van der Waals surface area contributed by atoms with E-state index in [-0.39, 0.29) is 11.6 Å². The van der Waals surface area contributed by atoms with Crippen molar-refractivity contribution < 1.29 is 19.4 Å². The average Bonchev–Trinajstić information content (AvgIpc) is 2.02. The van der Waals surface area contributed by atoms with E-state index < -0.39 is 17.4 Å². The van der Waals surface area contributed by atoms with Crippen LogP contribution in [0.2, 0.25) is 0 Å². The molecule has 0 unspecified atom stereocenters. The van der Waals surface area contributed by atoms with E-state index in [1.165, 1.54) is 13.8 Å². The van der Waals surface area contributed by atoms with Crippen molar-refractivity contribution in [2.24, 2.45) is 0 Å². The number of carbonyl (C=O) groups excluding carboxylic acids is 2. The van der Waals surface area contributed by atoms with Crippen LogP contribution in [0, 0.1) is 0 Å². The SMILES string of the molecule is CCOC(=O)C(=O)/C=C(\Cl)C(C)(C)O. The molecule has 1 N–H and O–H groups in total. The third-order valence-electron chi connectivity index (χ3n) is 1.32. The second-order valence-electron chi connectivity index (χ2n) is 3.14. The van der Waals surface area contributed by atoms with Crippen molar-refractivity contribution in [1.82, 2.24) is 0 Å². The Balaban J connectivity index is 4.52. The summed E-state index contributed by atoms with van der Waals surface area (Å²) in [6, 6.07) is 0. The Morgan fingerprint density at radius 2 is 2.00 bits per heavy atom. The summed E-state index contributed by atoms with van der Waals surface area (Å²) >= 11 is 5.58. The molecule has 0 aliphatic heterocycles. The van der Waals surface area contributed by atoms with Gasteiger partial charge in [-0.3, -0.25) is 4.79 Å². The average molecular weight is 221 g/mol. The first-order chi connectivity index (χ1) is 6.29. The number of halogens is 1. The number of esters is 1. The minimum absolute atomic E-state index is 0.101. The van der Waals surface area contributed by atoms with Crippen LogP contribution in [-0.4, -0.2) is 29.1 Å². The van der Waals surface area contributed by atoms with Gasteiger partial charge in [0.1, 0.15) is 0 Å². The Kier molecular flexibility index (Phi) is 4.80. The number of ether oxygens (including phenoxy) is 1. The lowest BCUT2D eigenvalue weighted by atomic mass is 10.1. The van der Waals surface area contributed by atoms with Gasteiger partial charge in [-0.05, 0) is 20.8 Å². The van der Waals surface area contributed by atoms with Crippen molar-refractivity contribution in [3.05, 3.63) is 11.1 Å². The minimum atomic E-state index is -1.33. The summed E-state index contributed by atoms with van der Waals surface area (Å²) in [6.07, 6.45) is 0.861. The standard InChI is InChI=1S/C9H13ClO4/c1-4-14-8(12)6(11)5-7(10)9(2,3)13/h5,13H,4H2,1-3H3/b7-5-. The van der Waals surface area contributed by atoms with Crippen LogP contribution in [0.3, 0.4) is 0 Å². The summed E-state index contributed by atoms with van der Waals surface area (Å²) in [5.74, 6) is -1.85. The molecule has 0 amide bonds. The molecule has 0 saturated carbocycles. The Morgan fingerprint density at radius 1 is 1.50 bits per heavy atom. The number of hydrogen-bond donors (Lipinski definition) is 1. The highest BCUT2D eigenvalue weighted by Crippen LogP contribution is 2.19. The normalized spacial score (nSPS) is 12.5. The summed E-state index contributed by atoms with van der Waals surface area (Å²) < 4.78 is 4.44. The molecule has 0 aromatic heterocycles. The van der Waals surface area contributed by atoms with E-state index in [1.54, 1.807) is 6.92 Å². The van der Waals surface area contributed by atoms with Crippen LogP contribution < -0.4 is 0 Å². The summed E-state index contributed by atoms with van der Waals surface area (Å²) in [4.78, 5) is 21.9. The van der Waals surface area contributed by atoms with E-state index >= 15 is 0 Å². The van der Waals surface area contributed by atoms with Gasteiger partial charge in [0.25, 0.3) is 5.78 Å². The smallest absolute Gasteiger partial charge is 0.379 e. The summed E-state index contributed by atoms with van der Waals surface area (Å²) in [5.41, 5.74) is -1.33. The fourth-order valence-corrected chi connectivity index (χ4v) is 0.652. The van der Waals surface area contributed by atoms with E-state index in [0.717, 1.165) is 6.08 Å². The highest BCUT2D eigenvalue weighted by molar-refractivity contribution is 6.42. The van der Waals surface area contributed by atoms with Gasteiger partial charge in [-0.25, -0.2) is 4.79 Å². The van der Waals surface area contributed by atoms with Gasteiger partial charge in [0.05, 0.1) is 17.2 Å². The van der Waals surface area contributed by atoms with Crippen molar-refractivity contribution in [3.63, 3.8) is 0 Å². The number of aliphatic hydroxyl groups is 1. The molecule has 0 heterocycles. The molecule has 0 aromatic carbocycles. The van der Waals surface area contributed by atoms with Crippen LogP contribution in [0.25, 0.3) is 0 Å². The maximum Gasteiger partial charge on any atom is 0.379 e. The fourth-order valence-electron chi connectivity index (χ4n) is 0.553. The lowest BCUT2D eigenvalue weighted by Crippen LogP contribution is -2.22. The Hall–Kier alpha value is -0.870. The van der Waals surface area contributed by atoms with Gasteiger partial charge >= 0.3 is 5.97 Å². The van der Waals surface area contributed by atoms with Gasteiger partial charge in [-0.2, -0.15) is 0 Å². The lowest BCUT2D eigenvalue weighted by Gasteiger charge is -2.15. The van der Waals surface area contributed by atoms with E-state index in [1.807, 2.05) is 0 Å². The van der Waals surface area contributed by atoms with Gasteiger partial charge in [0, 0.05) is 6.08 Å². The molecule has 0 saturated heterocycles. The van der Waals surface area contributed by atoms with Gasteiger partial charge < -0.3 is 9.84 Å². The zero-order chi connectivity index (χ0) is 11.4. The molecule has 0 rings (SSSR count). The molecular weight excluding hydrogens is 208 g/mol. The van der Waals surface area contributed by atoms with Gasteiger partial charge in [-0.15, -0.1) is 0 Å². The molecule has 0 aliphatic carbocycles. The molecule has 0 aliphatic rings. The Morgan fingerprint density at radius 3 is 2.36 bits per heavy atom.